The summed E-state index contributed by atoms with van der Waals surface area (Å²) in [6, 6.07) is 12.2. The average Bonchev–Trinajstić information content (AvgIpc) is 2.74. The molecule has 154 valence electrons. The number of ether oxygens (including phenoxy) is 2. The number of rotatable bonds is 5. The average molecular weight is 399 g/mol. The number of morpholine rings is 1. The summed E-state index contributed by atoms with van der Waals surface area (Å²) in [4.78, 5) is 21.3. The number of halogens is 1. The van der Waals surface area contributed by atoms with Crippen molar-refractivity contribution < 1.29 is 18.7 Å². The van der Waals surface area contributed by atoms with Gasteiger partial charge in [-0.25, -0.2) is 9.37 Å². The predicted octanol–water partition coefficient (Wildman–Crippen LogP) is 2.80. The lowest BCUT2D eigenvalue weighted by molar-refractivity contribution is -0.154. The highest BCUT2D eigenvalue weighted by atomic mass is 19.1. The molecule has 1 unspecified atom stereocenters. The highest BCUT2D eigenvalue weighted by Crippen LogP contribution is 2.24. The fourth-order valence-corrected chi connectivity index (χ4v) is 3.93. The fraction of sp³-hybridized carbons (Fsp3) is 0.455. The van der Waals surface area contributed by atoms with Crippen molar-refractivity contribution in [3.8, 4) is 5.75 Å². The van der Waals surface area contributed by atoms with Gasteiger partial charge in [0.15, 0.2) is 0 Å². The Bertz CT molecular complexity index is 837. The molecule has 2 aliphatic heterocycles. The highest BCUT2D eigenvalue weighted by molar-refractivity contribution is 5.78. The second-order valence-electron chi connectivity index (χ2n) is 7.60. The summed E-state index contributed by atoms with van der Waals surface area (Å²) in [6.07, 6.45) is 1.63. The zero-order chi connectivity index (χ0) is 20.2. The van der Waals surface area contributed by atoms with Crippen LogP contribution in [-0.4, -0.2) is 60.8 Å². The monoisotopic (exact) mass is 399 g/mol. The molecule has 0 saturated carbocycles. The number of hydrogen-bond donors (Lipinski definition) is 0. The lowest BCUT2D eigenvalue weighted by atomic mass is 10.0. The van der Waals surface area contributed by atoms with Crippen LogP contribution in [0.2, 0.25) is 0 Å². The van der Waals surface area contributed by atoms with E-state index in [2.05, 4.69) is 9.88 Å². The Morgan fingerprint density at radius 1 is 1.17 bits per heavy atom. The van der Waals surface area contributed by atoms with Gasteiger partial charge in [-0.2, -0.15) is 0 Å². The molecular weight excluding hydrogens is 373 g/mol. The minimum atomic E-state index is -0.296. The number of anilines is 1. The summed E-state index contributed by atoms with van der Waals surface area (Å²) < 4.78 is 24.4. The van der Waals surface area contributed by atoms with E-state index in [4.69, 9.17) is 9.47 Å². The molecule has 0 aliphatic carbocycles. The molecule has 6 nitrogen and oxygen atoms in total. The van der Waals surface area contributed by atoms with E-state index in [1.54, 1.807) is 12.1 Å². The zero-order valence-electron chi connectivity index (χ0n) is 16.6. The van der Waals surface area contributed by atoms with Gasteiger partial charge < -0.3 is 19.3 Å². The van der Waals surface area contributed by atoms with Gasteiger partial charge in [0.1, 0.15) is 36.7 Å². The molecule has 29 heavy (non-hydrogen) atoms. The Balaban J connectivity index is 1.31. The van der Waals surface area contributed by atoms with Gasteiger partial charge in [-0.05, 0) is 56.2 Å². The van der Waals surface area contributed by atoms with Crippen LogP contribution < -0.4 is 9.64 Å². The maximum Gasteiger partial charge on any atom is 0.248 e. The lowest BCUT2D eigenvalue weighted by Crippen LogP contribution is -2.55. The van der Waals surface area contributed by atoms with Crippen LogP contribution in [0.25, 0.3) is 0 Å². The van der Waals surface area contributed by atoms with Gasteiger partial charge in [-0.15, -0.1) is 0 Å². The van der Waals surface area contributed by atoms with Crippen molar-refractivity contribution in [2.45, 2.75) is 31.9 Å². The number of piperidine rings is 1. The van der Waals surface area contributed by atoms with E-state index in [0.717, 1.165) is 37.4 Å². The van der Waals surface area contributed by atoms with Crippen molar-refractivity contribution >= 4 is 11.7 Å². The summed E-state index contributed by atoms with van der Waals surface area (Å²) in [5.41, 5.74) is 1.01. The molecular formula is C22H26FN3O3. The second kappa shape index (κ2) is 8.78. The first kappa shape index (κ1) is 19.6. The molecule has 0 radical (unpaired) electrons. The normalized spacial score (nSPS) is 20.8. The number of amides is 1. The third-order valence-electron chi connectivity index (χ3n) is 5.52. The molecule has 3 heterocycles. The van der Waals surface area contributed by atoms with E-state index in [1.165, 1.54) is 12.1 Å². The number of nitrogens with zero attached hydrogens (tertiary/aromatic N) is 3. The van der Waals surface area contributed by atoms with Gasteiger partial charge in [0, 0.05) is 24.8 Å². The Labute approximate surface area is 170 Å². The zero-order valence-corrected chi connectivity index (χ0v) is 16.6. The molecule has 1 aromatic heterocycles. The van der Waals surface area contributed by atoms with Gasteiger partial charge in [0.2, 0.25) is 5.91 Å². The number of benzene rings is 1. The van der Waals surface area contributed by atoms with Gasteiger partial charge >= 0.3 is 0 Å². The molecule has 1 aromatic carbocycles. The summed E-state index contributed by atoms with van der Waals surface area (Å²) in [6.45, 7) is 4.69. The largest absolute Gasteiger partial charge is 0.491 e. The van der Waals surface area contributed by atoms with Crippen LogP contribution in [0.5, 0.6) is 5.75 Å². The van der Waals surface area contributed by atoms with Crippen LogP contribution in [0.1, 0.15) is 18.5 Å². The third kappa shape index (κ3) is 4.85. The van der Waals surface area contributed by atoms with Gasteiger partial charge in [0.05, 0.1) is 6.54 Å². The smallest absolute Gasteiger partial charge is 0.248 e. The molecule has 1 amide bonds. The predicted molar refractivity (Wildman–Crippen MR) is 108 cm³/mol. The van der Waals surface area contributed by atoms with Gasteiger partial charge in [0.25, 0.3) is 0 Å². The quantitative estimate of drug-likeness (QED) is 0.774. The first-order valence-corrected chi connectivity index (χ1v) is 10.1. The Hall–Kier alpha value is -2.67. The molecule has 4 rings (SSSR count). The molecule has 2 aromatic rings. The minimum absolute atomic E-state index is 0.0372. The van der Waals surface area contributed by atoms with Crippen molar-refractivity contribution in [2.24, 2.45) is 0 Å². The van der Waals surface area contributed by atoms with E-state index in [1.807, 2.05) is 30.0 Å². The van der Waals surface area contributed by atoms with E-state index in [-0.39, 0.29) is 30.5 Å². The Morgan fingerprint density at radius 2 is 1.93 bits per heavy atom. The fourth-order valence-electron chi connectivity index (χ4n) is 3.93. The summed E-state index contributed by atoms with van der Waals surface area (Å²) in [5, 5.41) is 0. The number of aromatic nitrogens is 1. The number of aryl methyl sites for hydroxylation is 1. The number of carbonyl (C=O) groups excluding carboxylic acids is 1. The van der Waals surface area contributed by atoms with Crippen LogP contribution in [0.15, 0.2) is 42.5 Å². The third-order valence-corrected chi connectivity index (χ3v) is 5.52. The topological polar surface area (TPSA) is 54.9 Å². The highest BCUT2D eigenvalue weighted by Gasteiger charge is 2.34. The van der Waals surface area contributed by atoms with Crippen molar-refractivity contribution in [1.29, 1.82) is 0 Å². The minimum Gasteiger partial charge on any atom is -0.491 e. The summed E-state index contributed by atoms with van der Waals surface area (Å²) in [5.74, 6) is 1.34. The number of hydrogen-bond acceptors (Lipinski definition) is 5. The van der Waals surface area contributed by atoms with Gasteiger partial charge in [-0.3, -0.25) is 4.79 Å². The summed E-state index contributed by atoms with van der Waals surface area (Å²) >= 11 is 0. The lowest BCUT2D eigenvalue weighted by Gasteiger charge is -2.42. The second-order valence-corrected chi connectivity index (χ2v) is 7.60. The van der Waals surface area contributed by atoms with Crippen LogP contribution in [0.4, 0.5) is 10.2 Å². The van der Waals surface area contributed by atoms with Gasteiger partial charge in [-0.1, -0.05) is 6.07 Å². The van der Waals surface area contributed by atoms with Crippen LogP contribution >= 0.6 is 0 Å². The van der Waals surface area contributed by atoms with Crippen molar-refractivity contribution in [1.82, 2.24) is 9.88 Å². The molecule has 0 N–H and O–H groups in total. The Morgan fingerprint density at radius 3 is 2.66 bits per heavy atom. The maximum absolute atomic E-state index is 13.0. The molecule has 2 saturated heterocycles. The molecule has 0 spiro atoms. The first-order chi connectivity index (χ1) is 14.1. The molecule has 7 heteroatoms. The van der Waals surface area contributed by atoms with E-state index in [0.29, 0.717) is 18.9 Å². The van der Waals surface area contributed by atoms with Crippen molar-refractivity contribution in [3.63, 3.8) is 0 Å². The molecule has 1 atom stereocenters. The van der Waals surface area contributed by atoms with Crippen LogP contribution in [-0.2, 0) is 9.53 Å². The van der Waals surface area contributed by atoms with Crippen molar-refractivity contribution in [2.75, 3.05) is 37.7 Å². The number of carbonyl (C=O) groups is 1. The Kier molecular flexibility index (Phi) is 5.94. The van der Waals surface area contributed by atoms with E-state index in [9.17, 15) is 9.18 Å². The standard InChI is InChI=1S/C22H26FN3O3/c1-16-3-2-4-21(24-16)25-11-9-18(10-12-25)26-13-20(29-15-22(26)27)14-28-19-7-5-17(23)6-8-19/h2-8,18,20H,9-15H2,1H3. The molecule has 2 aliphatic rings. The van der Waals surface area contributed by atoms with E-state index < -0.39 is 0 Å². The van der Waals surface area contributed by atoms with Crippen molar-refractivity contribution in [3.05, 3.63) is 54.0 Å². The maximum atomic E-state index is 13.0. The molecule has 2 fully saturated rings. The SMILES string of the molecule is Cc1cccc(N2CCC(N3CC(COc4ccc(F)cc4)OCC3=O)CC2)n1. The van der Waals surface area contributed by atoms with E-state index >= 15 is 0 Å². The van der Waals surface area contributed by atoms with Crippen LogP contribution in [0, 0.1) is 12.7 Å². The van der Waals surface area contributed by atoms with Crippen LogP contribution in [0.3, 0.4) is 0 Å². The molecule has 0 bridgehead atoms. The number of pyridine rings is 1. The summed E-state index contributed by atoms with van der Waals surface area (Å²) in [7, 11) is 0. The first-order valence-electron chi connectivity index (χ1n) is 10.1.